The van der Waals surface area contributed by atoms with Crippen molar-refractivity contribution in [2.24, 2.45) is 0 Å². The summed E-state index contributed by atoms with van der Waals surface area (Å²) < 4.78 is 7.23. The van der Waals surface area contributed by atoms with Crippen LogP contribution in [0.15, 0.2) is 68.7 Å². The molecule has 0 aliphatic carbocycles. The maximum atomic E-state index is 13.8. The van der Waals surface area contributed by atoms with Crippen LogP contribution >= 0.6 is 27.5 Å². The Labute approximate surface area is 239 Å². The molecule has 2 aromatic carbocycles. The number of aryl methyl sites for hydroxylation is 1. The number of benzene rings is 2. The summed E-state index contributed by atoms with van der Waals surface area (Å²) in [6, 6.07) is 16.3. The summed E-state index contributed by atoms with van der Waals surface area (Å²) in [5.41, 5.74) is 1.93. The number of halogens is 2. The molecule has 0 saturated heterocycles. The lowest BCUT2D eigenvalue weighted by Gasteiger charge is -2.18. The summed E-state index contributed by atoms with van der Waals surface area (Å²) in [6.07, 6.45) is 0. The molecule has 0 saturated carbocycles. The van der Waals surface area contributed by atoms with E-state index in [1.54, 1.807) is 31.4 Å². The molecule has 39 heavy (non-hydrogen) atoms. The van der Waals surface area contributed by atoms with E-state index in [-0.39, 0.29) is 28.9 Å². The second-order valence-corrected chi connectivity index (χ2v) is 10.8. The summed E-state index contributed by atoms with van der Waals surface area (Å²) >= 11 is 9.77. The van der Waals surface area contributed by atoms with Crippen molar-refractivity contribution in [2.75, 3.05) is 12.4 Å². The zero-order valence-electron chi connectivity index (χ0n) is 22.0. The molecule has 0 unspecified atom stereocenters. The van der Waals surface area contributed by atoms with Gasteiger partial charge in [0.05, 0.1) is 13.7 Å². The standard InChI is InChI=1S/C29H28BrClN4O4/c1-16(2)25-26(27(36)20-9-17(3)10-21(30)13-20)35(29(38)34-28(25)37)15-19-11-23(31)33-24(12-19)32-14-18-5-7-22(39-4)8-6-18/h5-13,16H,14-15H2,1-4H3,(H,32,33)(H,34,37,38). The van der Waals surface area contributed by atoms with Crippen molar-refractivity contribution >= 4 is 39.1 Å². The minimum Gasteiger partial charge on any atom is -0.497 e. The predicted molar refractivity (Wildman–Crippen MR) is 156 cm³/mol. The Kier molecular flexibility index (Phi) is 8.72. The zero-order valence-corrected chi connectivity index (χ0v) is 24.3. The van der Waals surface area contributed by atoms with Crippen molar-refractivity contribution in [3.8, 4) is 5.75 Å². The fourth-order valence-electron chi connectivity index (χ4n) is 4.37. The van der Waals surface area contributed by atoms with Crippen molar-refractivity contribution in [2.45, 2.75) is 39.8 Å². The van der Waals surface area contributed by atoms with Gasteiger partial charge in [0.2, 0.25) is 5.78 Å². The molecule has 4 rings (SSSR count). The third-order valence-corrected chi connectivity index (χ3v) is 6.81. The maximum Gasteiger partial charge on any atom is 0.329 e. The van der Waals surface area contributed by atoms with Gasteiger partial charge in [-0.2, -0.15) is 0 Å². The maximum absolute atomic E-state index is 13.8. The van der Waals surface area contributed by atoms with E-state index in [1.165, 1.54) is 4.57 Å². The molecular formula is C29H28BrClN4O4. The van der Waals surface area contributed by atoms with Crippen molar-refractivity contribution in [3.05, 3.63) is 119 Å². The van der Waals surface area contributed by atoms with Crippen LogP contribution in [0.4, 0.5) is 5.82 Å². The zero-order chi connectivity index (χ0) is 28.3. The van der Waals surface area contributed by atoms with Crippen LogP contribution in [0.25, 0.3) is 0 Å². The average Bonchev–Trinajstić information content (AvgIpc) is 2.87. The number of carbonyl (C=O) groups is 1. The number of hydrogen-bond donors (Lipinski definition) is 2. The van der Waals surface area contributed by atoms with Gasteiger partial charge in [0.1, 0.15) is 22.4 Å². The Morgan fingerprint density at radius 2 is 1.82 bits per heavy atom. The highest BCUT2D eigenvalue weighted by Gasteiger charge is 2.25. The van der Waals surface area contributed by atoms with Crippen molar-refractivity contribution in [3.63, 3.8) is 0 Å². The number of ketones is 1. The summed E-state index contributed by atoms with van der Waals surface area (Å²) in [5, 5.41) is 3.46. The molecule has 0 aliphatic heterocycles. The number of nitrogens with one attached hydrogen (secondary N) is 2. The Morgan fingerprint density at radius 1 is 1.10 bits per heavy atom. The predicted octanol–water partition coefficient (Wildman–Crippen LogP) is 5.68. The van der Waals surface area contributed by atoms with Gasteiger partial charge >= 0.3 is 5.69 Å². The summed E-state index contributed by atoms with van der Waals surface area (Å²) in [5.74, 6) is 0.544. The number of carbonyl (C=O) groups excluding carboxylic acids is 1. The van der Waals surface area contributed by atoms with Gasteiger partial charge in [0, 0.05) is 22.1 Å². The van der Waals surface area contributed by atoms with E-state index >= 15 is 0 Å². The Bertz CT molecular complexity index is 1620. The van der Waals surface area contributed by atoms with Gasteiger partial charge in [-0.05, 0) is 72.0 Å². The van der Waals surface area contributed by atoms with Crippen molar-refractivity contribution in [1.82, 2.24) is 14.5 Å². The van der Waals surface area contributed by atoms with E-state index in [2.05, 4.69) is 31.2 Å². The van der Waals surface area contributed by atoms with E-state index in [4.69, 9.17) is 16.3 Å². The number of H-pyrrole nitrogens is 1. The third-order valence-electron chi connectivity index (χ3n) is 6.16. The molecule has 0 atom stereocenters. The molecular weight excluding hydrogens is 584 g/mol. The quantitative estimate of drug-likeness (QED) is 0.186. The minimum absolute atomic E-state index is 0.00283. The minimum atomic E-state index is -0.680. The van der Waals surface area contributed by atoms with Gasteiger partial charge in [0.15, 0.2) is 0 Å². The molecule has 2 aromatic heterocycles. The molecule has 0 spiro atoms. The van der Waals surface area contributed by atoms with E-state index < -0.39 is 17.0 Å². The molecule has 0 fully saturated rings. The lowest BCUT2D eigenvalue weighted by atomic mass is 9.96. The SMILES string of the molecule is COc1ccc(CNc2cc(Cn3c(C(=O)c4cc(C)cc(Br)c4)c(C(C)C)c(=O)[nH]c3=O)cc(Cl)n2)cc1. The Hall–Kier alpha value is -3.69. The number of pyridine rings is 1. The van der Waals surface area contributed by atoms with E-state index in [0.29, 0.717) is 23.5 Å². The van der Waals surface area contributed by atoms with Gasteiger partial charge in [-0.15, -0.1) is 0 Å². The molecule has 8 nitrogen and oxygen atoms in total. The van der Waals surface area contributed by atoms with Crippen LogP contribution in [0.1, 0.15) is 58.1 Å². The van der Waals surface area contributed by atoms with Gasteiger partial charge in [-0.25, -0.2) is 9.78 Å². The van der Waals surface area contributed by atoms with Crippen LogP contribution < -0.4 is 21.3 Å². The monoisotopic (exact) mass is 610 g/mol. The molecule has 2 N–H and O–H groups in total. The smallest absolute Gasteiger partial charge is 0.329 e. The molecule has 10 heteroatoms. The van der Waals surface area contributed by atoms with Crippen LogP contribution in [-0.4, -0.2) is 27.4 Å². The second-order valence-electron chi connectivity index (χ2n) is 9.49. The van der Waals surface area contributed by atoms with Gasteiger partial charge in [-0.1, -0.05) is 53.5 Å². The van der Waals surface area contributed by atoms with Crippen molar-refractivity contribution in [1.29, 1.82) is 0 Å². The molecule has 0 aliphatic rings. The first-order valence-electron chi connectivity index (χ1n) is 12.3. The van der Waals surface area contributed by atoms with Crippen LogP contribution in [0.3, 0.4) is 0 Å². The number of aromatic amines is 1. The van der Waals surface area contributed by atoms with Gasteiger partial charge in [-0.3, -0.25) is 19.1 Å². The number of aromatic nitrogens is 3. The number of anilines is 1. The van der Waals surface area contributed by atoms with Crippen LogP contribution in [0.2, 0.25) is 5.15 Å². The number of hydrogen-bond acceptors (Lipinski definition) is 6. The first-order valence-corrected chi connectivity index (χ1v) is 13.4. The number of rotatable bonds is 9. The van der Waals surface area contributed by atoms with Crippen LogP contribution in [0, 0.1) is 6.92 Å². The highest BCUT2D eigenvalue weighted by molar-refractivity contribution is 9.10. The van der Waals surface area contributed by atoms with Crippen LogP contribution in [0.5, 0.6) is 5.75 Å². The largest absolute Gasteiger partial charge is 0.497 e. The number of ether oxygens (including phenoxy) is 1. The molecule has 0 radical (unpaired) electrons. The topological polar surface area (TPSA) is 106 Å². The molecule has 0 amide bonds. The first-order chi connectivity index (χ1) is 18.5. The first kappa shape index (κ1) is 28.3. The fraction of sp³-hybridized carbons (Fsp3) is 0.241. The molecule has 4 aromatic rings. The molecule has 2 heterocycles. The summed E-state index contributed by atoms with van der Waals surface area (Å²) in [6.45, 7) is 5.98. The second kappa shape index (κ2) is 12.0. The fourth-order valence-corrected chi connectivity index (χ4v) is 5.21. The molecule has 202 valence electrons. The Balaban J connectivity index is 1.74. The highest BCUT2D eigenvalue weighted by Crippen LogP contribution is 2.23. The Morgan fingerprint density at radius 3 is 2.46 bits per heavy atom. The van der Waals surface area contributed by atoms with Crippen molar-refractivity contribution < 1.29 is 9.53 Å². The number of nitrogens with zero attached hydrogens (tertiary/aromatic N) is 2. The lowest BCUT2D eigenvalue weighted by molar-refractivity contribution is 0.102. The van der Waals surface area contributed by atoms with Gasteiger partial charge < -0.3 is 10.1 Å². The van der Waals surface area contributed by atoms with Crippen LogP contribution in [-0.2, 0) is 13.1 Å². The molecule has 0 bridgehead atoms. The third kappa shape index (κ3) is 6.66. The van der Waals surface area contributed by atoms with E-state index in [1.807, 2.05) is 51.1 Å². The normalized spacial score (nSPS) is 11.1. The summed E-state index contributed by atoms with van der Waals surface area (Å²) in [4.78, 5) is 46.5. The van der Waals surface area contributed by atoms with E-state index in [9.17, 15) is 14.4 Å². The highest BCUT2D eigenvalue weighted by atomic mass is 79.9. The lowest BCUT2D eigenvalue weighted by Crippen LogP contribution is -2.38. The average molecular weight is 612 g/mol. The van der Waals surface area contributed by atoms with Gasteiger partial charge in [0.25, 0.3) is 5.56 Å². The summed E-state index contributed by atoms with van der Waals surface area (Å²) in [7, 11) is 1.61. The van der Waals surface area contributed by atoms with E-state index in [0.717, 1.165) is 21.3 Å². The number of methoxy groups -OCH3 is 1.